The number of pyridine rings is 1. The van der Waals surface area contributed by atoms with Gasteiger partial charge in [0.05, 0.1) is 6.10 Å². The van der Waals surface area contributed by atoms with Gasteiger partial charge >= 0.3 is 0 Å². The van der Waals surface area contributed by atoms with Crippen molar-refractivity contribution in [2.45, 2.75) is 40.2 Å². The van der Waals surface area contributed by atoms with Gasteiger partial charge in [-0.25, -0.2) is 0 Å². The van der Waals surface area contributed by atoms with Gasteiger partial charge in [0.15, 0.2) is 0 Å². The number of hydrogen-bond donors (Lipinski definition) is 1. The Kier molecular flexibility index (Phi) is 3.86. The highest BCUT2D eigenvalue weighted by atomic mass is 16.3. The number of rotatable bonds is 3. The Labute approximate surface area is 92.4 Å². The van der Waals surface area contributed by atoms with E-state index in [-0.39, 0.29) is 5.41 Å². The van der Waals surface area contributed by atoms with Crippen LogP contribution < -0.4 is 0 Å². The lowest BCUT2D eigenvalue weighted by Crippen LogP contribution is -2.19. The molecule has 0 saturated carbocycles. The van der Waals surface area contributed by atoms with Crippen LogP contribution in [0.25, 0.3) is 0 Å². The molecule has 1 aromatic rings. The molecule has 15 heavy (non-hydrogen) atoms. The van der Waals surface area contributed by atoms with Crippen molar-refractivity contribution < 1.29 is 5.11 Å². The summed E-state index contributed by atoms with van der Waals surface area (Å²) in [6.45, 7) is 8.79. The van der Waals surface area contributed by atoms with Crippen molar-refractivity contribution in [1.29, 1.82) is 0 Å². The van der Waals surface area contributed by atoms with Crippen LogP contribution in [0.4, 0.5) is 0 Å². The summed E-state index contributed by atoms with van der Waals surface area (Å²) in [4.78, 5) is 4.02. The van der Waals surface area contributed by atoms with E-state index in [0.29, 0.717) is 5.92 Å². The molecule has 2 atom stereocenters. The first-order chi connectivity index (χ1) is 6.91. The summed E-state index contributed by atoms with van der Waals surface area (Å²) < 4.78 is 0. The molecule has 0 bridgehead atoms. The molecule has 0 saturated heterocycles. The lowest BCUT2D eigenvalue weighted by atomic mass is 9.78. The van der Waals surface area contributed by atoms with E-state index in [1.807, 2.05) is 12.1 Å². The molecule has 2 nitrogen and oxygen atoms in total. The highest BCUT2D eigenvalue weighted by molar-refractivity contribution is 5.11. The maximum absolute atomic E-state index is 10.0. The normalized spacial score (nSPS) is 16.1. The first-order valence-electron chi connectivity index (χ1n) is 5.49. The number of nitrogens with zero attached hydrogens (tertiary/aromatic N) is 1. The Morgan fingerprint density at radius 1 is 1.40 bits per heavy atom. The smallest absolute Gasteiger partial charge is 0.0807 e. The molecule has 0 aliphatic rings. The number of hydrogen-bond acceptors (Lipinski definition) is 2. The van der Waals surface area contributed by atoms with E-state index < -0.39 is 6.10 Å². The van der Waals surface area contributed by atoms with E-state index in [1.165, 1.54) is 0 Å². The Morgan fingerprint density at radius 3 is 2.53 bits per heavy atom. The van der Waals surface area contributed by atoms with Crippen LogP contribution in [0.1, 0.15) is 45.8 Å². The third kappa shape index (κ3) is 3.63. The quantitative estimate of drug-likeness (QED) is 0.825. The summed E-state index contributed by atoms with van der Waals surface area (Å²) in [5, 5.41) is 10.0. The number of aliphatic hydroxyl groups excluding tert-OH is 1. The average molecular weight is 207 g/mol. The van der Waals surface area contributed by atoms with E-state index in [9.17, 15) is 5.11 Å². The summed E-state index contributed by atoms with van der Waals surface area (Å²) in [6.07, 6.45) is 3.85. The summed E-state index contributed by atoms with van der Waals surface area (Å²) in [5.41, 5.74) is 1.15. The Bertz CT molecular complexity index is 289. The Morgan fingerprint density at radius 2 is 2.07 bits per heavy atom. The third-order valence-corrected chi connectivity index (χ3v) is 3.12. The van der Waals surface area contributed by atoms with Gasteiger partial charge in [0, 0.05) is 12.4 Å². The van der Waals surface area contributed by atoms with Gasteiger partial charge < -0.3 is 5.11 Å². The molecule has 0 amide bonds. The minimum Gasteiger partial charge on any atom is -0.388 e. The summed E-state index contributed by atoms with van der Waals surface area (Å²) in [7, 11) is 0. The predicted molar refractivity (Wildman–Crippen MR) is 62.4 cm³/mol. The zero-order valence-electron chi connectivity index (χ0n) is 10.1. The molecule has 0 aliphatic heterocycles. The molecule has 1 rings (SSSR count). The first-order valence-corrected chi connectivity index (χ1v) is 5.49. The number of aromatic nitrogens is 1. The van der Waals surface area contributed by atoms with Crippen LogP contribution in [-0.2, 0) is 0 Å². The fourth-order valence-electron chi connectivity index (χ4n) is 1.40. The van der Waals surface area contributed by atoms with E-state index in [1.54, 1.807) is 12.4 Å². The zero-order chi connectivity index (χ0) is 11.5. The van der Waals surface area contributed by atoms with Crippen molar-refractivity contribution in [3.05, 3.63) is 30.1 Å². The summed E-state index contributed by atoms with van der Waals surface area (Å²) >= 11 is 0. The second-order valence-electron chi connectivity index (χ2n) is 5.30. The molecule has 0 spiro atoms. The molecule has 1 heterocycles. The van der Waals surface area contributed by atoms with Crippen LogP contribution >= 0.6 is 0 Å². The molecule has 84 valence electrons. The largest absolute Gasteiger partial charge is 0.388 e. The fourth-order valence-corrected chi connectivity index (χ4v) is 1.40. The summed E-state index contributed by atoms with van der Waals surface area (Å²) in [6, 6.07) is 3.79. The SMILES string of the molecule is CC(CC(O)c1cccnc1)C(C)(C)C. The standard InChI is InChI=1S/C13H21NO/c1-10(13(2,3)4)8-12(15)11-6-5-7-14-9-11/h5-7,9-10,12,15H,8H2,1-4H3. The summed E-state index contributed by atoms with van der Waals surface area (Å²) in [5.74, 6) is 0.479. The molecule has 1 N–H and O–H groups in total. The second-order valence-corrected chi connectivity index (χ2v) is 5.30. The van der Waals surface area contributed by atoms with Gasteiger partial charge in [-0.1, -0.05) is 33.8 Å². The van der Waals surface area contributed by atoms with Crippen molar-refractivity contribution >= 4 is 0 Å². The maximum atomic E-state index is 10.0. The van der Waals surface area contributed by atoms with E-state index >= 15 is 0 Å². The molecule has 0 aromatic carbocycles. The molecule has 0 fully saturated rings. The Balaban J connectivity index is 2.61. The van der Waals surface area contributed by atoms with E-state index in [0.717, 1.165) is 12.0 Å². The van der Waals surface area contributed by atoms with Crippen molar-refractivity contribution in [3.8, 4) is 0 Å². The lowest BCUT2D eigenvalue weighted by molar-refractivity contribution is 0.110. The van der Waals surface area contributed by atoms with Crippen LogP contribution in [-0.4, -0.2) is 10.1 Å². The topological polar surface area (TPSA) is 33.1 Å². The maximum Gasteiger partial charge on any atom is 0.0807 e. The van der Waals surface area contributed by atoms with Crippen molar-refractivity contribution in [2.24, 2.45) is 11.3 Å². The molecular weight excluding hydrogens is 186 g/mol. The predicted octanol–water partition coefficient (Wildman–Crippen LogP) is 3.19. The van der Waals surface area contributed by atoms with Crippen LogP contribution in [0.2, 0.25) is 0 Å². The van der Waals surface area contributed by atoms with Gasteiger partial charge in [0.1, 0.15) is 0 Å². The molecule has 2 heteroatoms. The number of aliphatic hydroxyl groups is 1. The van der Waals surface area contributed by atoms with Gasteiger partial charge in [0.25, 0.3) is 0 Å². The minimum absolute atomic E-state index is 0.239. The van der Waals surface area contributed by atoms with Crippen molar-refractivity contribution in [3.63, 3.8) is 0 Å². The minimum atomic E-state index is -0.395. The van der Waals surface area contributed by atoms with Crippen LogP contribution in [0.15, 0.2) is 24.5 Å². The van der Waals surface area contributed by atoms with Crippen LogP contribution in [0.5, 0.6) is 0 Å². The highest BCUT2D eigenvalue weighted by Gasteiger charge is 2.23. The van der Waals surface area contributed by atoms with Gasteiger partial charge in [-0.05, 0) is 29.4 Å². The lowest BCUT2D eigenvalue weighted by Gasteiger charge is -2.29. The molecule has 0 radical (unpaired) electrons. The third-order valence-electron chi connectivity index (χ3n) is 3.12. The van der Waals surface area contributed by atoms with Gasteiger partial charge in [-0.3, -0.25) is 4.98 Å². The fraction of sp³-hybridized carbons (Fsp3) is 0.615. The van der Waals surface area contributed by atoms with Crippen molar-refractivity contribution in [2.75, 3.05) is 0 Å². The van der Waals surface area contributed by atoms with Crippen LogP contribution in [0.3, 0.4) is 0 Å². The second kappa shape index (κ2) is 4.75. The molecular formula is C13H21NO. The first kappa shape index (κ1) is 12.2. The van der Waals surface area contributed by atoms with E-state index in [2.05, 4.69) is 32.7 Å². The van der Waals surface area contributed by atoms with Crippen LogP contribution in [0, 0.1) is 11.3 Å². The molecule has 0 aliphatic carbocycles. The molecule has 2 unspecified atom stereocenters. The Hall–Kier alpha value is -0.890. The van der Waals surface area contributed by atoms with Gasteiger partial charge in [0.2, 0.25) is 0 Å². The monoisotopic (exact) mass is 207 g/mol. The average Bonchev–Trinajstić information content (AvgIpc) is 2.17. The van der Waals surface area contributed by atoms with Crippen molar-refractivity contribution in [1.82, 2.24) is 4.98 Å². The highest BCUT2D eigenvalue weighted by Crippen LogP contribution is 2.32. The van der Waals surface area contributed by atoms with Gasteiger partial charge in [-0.2, -0.15) is 0 Å². The zero-order valence-corrected chi connectivity index (χ0v) is 10.1. The van der Waals surface area contributed by atoms with Gasteiger partial charge in [-0.15, -0.1) is 0 Å². The molecule has 1 aromatic heterocycles. The van der Waals surface area contributed by atoms with E-state index in [4.69, 9.17) is 0 Å².